The molecule has 0 saturated carbocycles. The van der Waals surface area contributed by atoms with Crippen molar-refractivity contribution in [1.82, 2.24) is 9.97 Å². The van der Waals surface area contributed by atoms with Gasteiger partial charge >= 0.3 is 0 Å². The Morgan fingerprint density at radius 1 is 1.53 bits per heavy atom. The zero-order valence-corrected chi connectivity index (χ0v) is 11.6. The smallest absolute Gasteiger partial charge is 0.234 e. The number of ether oxygens (including phenoxy) is 2. The van der Waals surface area contributed by atoms with Gasteiger partial charge in [-0.25, -0.2) is 0 Å². The van der Waals surface area contributed by atoms with E-state index in [1.807, 2.05) is 0 Å². The lowest BCUT2D eigenvalue weighted by Gasteiger charge is -2.38. The summed E-state index contributed by atoms with van der Waals surface area (Å²) in [5.41, 5.74) is 5.67. The number of rotatable bonds is 5. The van der Waals surface area contributed by atoms with E-state index in [0.29, 0.717) is 25.6 Å². The maximum atomic E-state index is 5.67. The number of hydrogen-bond donors (Lipinski definition) is 1. The van der Waals surface area contributed by atoms with Gasteiger partial charge in [-0.3, -0.25) is 4.98 Å². The minimum absolute atomic E-state index is 0.0539. The van der Waals surface area contributed by atoms with Crippen LogP contribution in [0.15, 0.2) is 12.4 Å². The van der Waals surface area contributed by atoms with E-state index in [1.165, 1.54) is 0 Å². The van der Waals surface area contributed by atoms with Crippen molar-refractivity contribution in [3.05, 3.63) is 12.4 Å². The van der Waals surface area contributed by atoms with Gasteiger partial charge in [-0.05, 0) is 13.3 Å². The van der Waals surface area contributed by atoms with Crippen LogP contribution in [0.2, 0.25) is 0 Å². The maximum absolute atomic E-state index is 5.67. The van der Waals surface area contributed by atoms with Gasteiger partial charge in [-0.2, -0.15) is 4.98 Å². The second-order valence-electron chi connectivity index (χ2n) is 4.76. The first-order valence-electron chi connectivity index (χ1n) is 6.77. The molecule has 1 aliphatic rings. The maximum Gasteiger partial charge on any atom is 0.234 e. The molecule has 2 N–H and O–H groups in total. The molecule has 0 aliphatic carbocycles. The van der Waals surface area contributed by atoms with Crippen molar-refractivity contribution in [1.29, 1.82) is 0 Å². The lowest BCUT2D eigenvalue weighted by molar-refractivity contribution is 0.0279. The molecule has 1 fully saturated rings. The number of morpholine rings is 1. The first kappa shape index (κ1) is 14.0. The van der Waals surface area contributed by atoms with Gasteiger partial charge in [-0.15, -0.1) is 0 Å². The molecule has 0 aromatic carbocycles. The summed E-state index contributed by atoms with van der Waals surface area (Å²) in [6, 6.07) is 0.263. The normalized spacial score (nSPS) is 23.4. The average Bonchev–Trinajstić information content (AvgIpc) is 2.46. The Balaban J connectivity index is 2.10. The second kappa shape index (κ2) is 6.68. The third-order valence-corrected chi connectivity index (χ3v) is 3.12. The summed E-state index contributed by atoms with van der Waals surface area (Å²) in [6.07, 6.45) is 4.41. The third kappa shape index (κ3) is 3.54. The summed E-state index contributed by atoms with van der Waals surface area (Å²) in [5, 5.41) is 0. The summed E-state index contributed by atoms with van der Waals surface area (Å²) in [7, 11) is 0. The number of aromatic nitrogens is 2. The zero-order valence-electron chi connectivity index (χ0n) is 11.6. The molecular formula is C13H22N4O2. The van der Waals surface area contributed by atoms with Gasteiger partial charge in [-0.1, -0.05) is 6.92 Å². The number of nitrogens with two attached hydrogens (primary N) is 1. The molecular weight excluding hydrogens is 244 g/mol. The minimum Gasteiger partial charge on any atom is -0.477 e. The van der Waals surface area contributed by atoms with Crippen LogP contribution in [0.4, 0.5) is 5.82 Å². The number of nitrogens with zero attached hydrogens (tertiary/aromatic N) is 3. The molecule has 1 saturated heterocycles. The van der Waals surface area contributed by atoms with E-state index in [-0.39, 0.29) is 12.1 Å². The lowest BCUT2D eigenvalue weighted by atomic mass is 10.2. The fourth-order valence-electron chi connectivity index (χ4n) is 2.03. The van der Waals surface area contributed by atoms with Gasteiger partial charge in [0.05, 0.1) is 37.8 Å². The van der Waals surface area contributed by atoms with E-state index < -0.39 is 0 Å². The Kier molecular flexibility index (Phi) is 4.93. The van der Waals surface area contributed by atoms with Crippen molar-refractivity contribution in [2.24, 2.45) is 5.73 Å². The Morgan fingerprint density at radius 3 is 3.11 bits per heavy atom. The highest BCUT2D eigenvalue weighted by Gasteiger charge is 2.26. The standard InChI is InChI=1S/C13H22N4O2/c1-3-4-18-13-7-15-6-12(16-13)17-8-11(5-14)19-9-10(17)2/h6-7,10-11H,3-5,8-9,14H2,1-2H3. The van der Waals surface area contributed by atoms with E-state index in [9.17, 15) is 0 Å². The molecule has 6 heteroatoms. The van der Waals surface area contributed by atoms with Gasteiger partial charge in [0.2, 0.25) is 5.88 Å². The third-order valence-electron chi connectivity index (χ3n) is 3.12. The van der Waals surface area contributed by atoms with Crippen LogP contribution in [0.1, 0.15) is 20.3 Å². The van der Waals surface area contributed by atoms with Crippen molar-refractivity contribution in [2.75, 3.05) is 31.2 Å². The molecule has 2 atom stereocenters. The Hall–Kier alpha value is -1.40. The van der Waals surface area contributed by atoms with E-state index in [2.05, 4.69) is 28.7 Å². The molecule has 0 bridgehead atoms. The van der Waals surface area contributed by atoms with E-state index >= 15 is 0 Å². The predicted octanol–water partition coefficient (Wildman–Crippen LogP) is 0.818. The average molecular weight is 266 g/mol. The van der Waals surface area contributed by atoms with Crippen LogP contribution in [-0.4, -0.2) is 48.4 Å². The Bertz CT molecular complexity index is 402. The molecule has 106 valence electrons. The second-order valence-corrected chi connectivity index (χ2v) is 4.76. The van der Waals surface area contributed by atoms with Crippen molar-refractivity contribution >= 4 is 5.82 Å². The van der Waals surface area contributed by atoms with E-state index in [1.54, 1.807) is 12.4 Å². The lowest BCUT2D eigenvalue weighted by Crippen LogP contribution is -2.51. The first-order valence-corrected chi connectivity index (χ1v) is 6.77. The van der Waals surface area contributed by atoms with Gasteiger partial charge < -0.3 is 20.1 Å². The Morgan fingerprint density at radius 2 is 2.37 bits per heavy atom. The highest BCUT2D eigenvalue weighted by Crippen LogP contribution is 2.20. The van der Waals surface area contributed by atoms with Crippen LogP contribution in [0, 0.1) is 0 Å². The molecule has 1 aliphatic heterocycles. The SMILES string of the molecule is CCCOc1cncc(N2CC(CN)OCC2C)n1. The number of hydrogen-bond acceptors (Lipinski definition) is 6. The van der Waals surface area contributed by atoms with Crippen molar-refractivity contribution in [3.63, 3.8) is 0 Å². The molecule has 6 nitrogen and oxygen atoms in total. The van der Waals surface area contributed by atoms with Crippen LogP contribution in [0.25, 0.3) is 0 Å². The molecule has 2 unspecified atom stereocenters. The van der Waals surface area contributed by atoms with Crippen LogP contribution >= 0.6 is 0 Å². The summed E-state index contributed by atoms with van der Waals surface area (Å²) in [4.78, 5) is 10.9. The fourth-order valence-corrected chi connectivity index (χ4v) is 2.03. The number of anilines is 1. The summed E-state index contributed by atoms with van der Waals surface area (Å²) in [5.74, 6) is 1.39. The van der Waals surface area contributed by atoms with Crippen molar-refractivity contribution < 1.29 is 9.47 Å². The fraction of sp³-hybridized carbons (Fsp3) is 0.692. The Labute approximate surface area is 113 Å². The van der Waals surface area contributed by atoms with Gasteiger partial charge in [0, 0.05) is 13.1 Å². The molecule has 0 spiro atoms. The highest BCUT2D eigenvalue weighted by atomic mass is 16.5. The quantitative estimate of drug-likeness (QED) is 0.850. The monoisotopic (exact) mass is 266 g/mol. The summed E-state index contributed by atoms with van der Waals surface area (Å²) >= 11 is 0. The van der Waals surface area contributed by atoms with E-state index in [4.69, 9.17) is 15.2 Å². The van der Waals surface area contributed by atoms with Gasteiger partial charge in [0.25, 0.3) is 0 Å². The van der Waals surface area contributed by atoms with Crippen molar-refractivity contribution in [3.8, 4) is 5.88 Å². The predicted molar refractivity (Wildman–Crippen MR) is 73.4 cm³/mol. The van der Waals surface area contributed by atoms with Gasteiger partial charge in [0.15, 0.2) is 5.82 Å². The summed E-state index contributed by atoms with van der Waals surface area (Å²) < 4.78 is 11.2. The molecule has 0 radical (unpaired) electrons. The topological polar surface area (TPSA) is 73.5 Å². The van der Waals surface area contributed by atoms with Crippen LogP contribution < -0.4 is 15.4 Å². The van der Waals surface area contributed by atoms with Crippen LogP contribution in [-0.2, 0) is 4.74 Å². The highest BCUT2D eigenvalue weighted by molar-refractivity contribution is 5.39. The molecule has 1 aromatic heterocycles. The zero-order chi connectivity index (χ0) is 13.7. The molecule has 2 rings (SSSR count). The van der Waals surface area contributed by atoms with Crippen LogP contribution in [0.3, 0.4) is 0 Å². The molecule has 1 aromatic rings. The van der Waals surface area contributed by atoms with Crippen molar-refractivity contribution in [2.45, 2.75) is 32.4 Å². The van der Waals surface area contributed by atoms with E-state index in [0.717, 1.165) is 18.8 Å². The molecule has 2 heterocycles. The van der Waals surface area contributed by atoms with Gasteiger partial charge in [0.1, 0.15) is 0 Å². The largest absolute Gasteiger partial charge is 0.477 e. The first-order chi connectivity index (χ1) is 9.24. The molecule has 19 heavy (non-hydrogen) atoms. The minimum atomic E-state index is 0.0539. The summed E-state index contributed by atoms with van der Waals surface area (Å²) in [6.45, 7) is 6.74. The molecule has 0 amide bonds. The van der Waals surface area contributed by atoms with Crippen LogP contribution in [0.5, 0.6) is 5.88 Å².